The first kappa shape index (κ1) is 31.2. The fraction of sp³-hybridized carbons (Fsp3) is 0.500. The average molecular weight is 638 g/mol. The molecule has 3 fully saturated rings. The van der Waals surface area contributed by atoms with Gasteiger partial charge in [0.2, 0.25) is 5.91 Å². The first-order valence-corrected chi connectivity index (χ1v) is 16.8. The summed E-state index contributed by atoms with van der Waals surface area (Å²) in [6.07, 6.45) is 8.93. The molecule has 11 nitrogen and oxygen atoms in total. The molecule has 0 unspecified atom stereocenters. The molecule has 1 N–H and O–H groups in total. The van der Waals surface area contributed by atoms with Crippen LogP contribution >= 0.6 is 0 Å². The molecule has 3 aliphatic heterocycles. The van der Waals surface area contributed by atoms with Crippen molar-refractivity contribution in [2.24, 2.45) is 0 Å². The van der Waals surface area contributed by atoms with E-state index >= 15 is 0 Å². The van der Waals surface area contributed by atoms with Crippen LogP contribution in [0.1, 0.15) is 43.4 Å². The Bertz CT molecular complexity index is 1690. The number of phenols is 1. The number of methoxy groups -OCH3 is 1. The zero-order chi connectivity index (χ0) is 32.4. The maximum Gasteiger partial charge on any atom is 0.318 e. The number of aromatic hydroxyl groups is 1. The van der Waals surface area contributed by atoms with E-state index in [1.54, 1.807) is 24.2 Å². The summed E-state index contributed by atoms with van der Waals surface area (Å²) in [6.45, 7) is 6.03. The second-order valence-electron chi connectivity index (χ2n) is 13.2. The first-order chi connectivity index (χ1) is 23.0. The van der Waals surface area contributed by atoms with Crippen molar-refractivity contribution in [3.05, 3.63) is 59.8 Å². The van der Waals surface area contributed by atoms with Gasteiger partial charge in [-0.1, -0.05) is 30.3 Å². The van der Waals surface area contributed by atoms with E-state index in [0.29, 0.717) is 51.8 Å². The van der Waals surface area contributed by atoms with Crippen LogP contribution in [0.2, 0.25) is 0 Å². The highest BCUT2D eigenvalue weighted by molar-refractivity contribution is 5.95. The van der Waals surface area contributed by atoms with Crippen LogP contribution in [0.3, 0.4) is 0 Å². The summed E-state index contributed by atoms with van der Waals surface area (Å²) in [6, 6.07) is 14.2. The number of hydrogen-bond donors (Lipinski definition) is 1. The fourth-order valence-corrected chi connectivity index (χ4v) is 7.50. The zero-order valence-corrected chi connectivity index (χ0v) is 27.1. The normalized spacial score (nSPS) is 20.9. The summed E-state index contributed by atoms with van der Waals surface area (Å²) in [5.74, 6) is 0.962. The lowest BCUT2D eigenvalue weighted by Crippen LogP contribution is -2.55. The Morgan fingerprint density at radius 3 is 2.72 bits per heavy atom. The van der Waals surface area contributed by atoms with E-state index in [0.717, 1.165) is 66.0 Å². The Balaban J connectivity index is 1.19. The fourth-order valence-electron chi connectivity index (χ4n) is 7.50. The summed E-state index contributed by atoms with van der Waals surface area (Å²) < 4.78 is 11.5. The molecule has 2 aromatic carbocycles. The van der Waals surface area contributed by atoms with Crippen molar-refractivity contribution >= 4 is 28.2 Å². The number of amides is 1. The number of likely N-dealkylation sites (tertiary alicyclic amines) is 1. The number of nitrogens with zero attached hydrogens (tertiary/aromatic N) is 7. The van der Waals surface area contributed by atoms with Crippen molar-refractivity contribution in [1.29, 1.82) is 5.26 Å². The molecule has 7 rings (SSSR count). The van der Waals surface area contributed by atoms with Gasteiger partial charge >= 0.3 is 6.01 Å². The number of hydrogen-bond acceptors (Lipinski definition) is 10. The third-order valence-electron chi connectivity index (χ3n) is 10.2. The number of aromatic nitrogens is 2. The van der Waals surface area contributed by atoms with Gasteiger partial charge in [0.05, 0.1) is 42.9 Å². The molecule has 1 atom stereocenters. The minimum Gasteiger partial charge on any atom is -0.508 e. The molecule has 4 heterocycles. The number of rotatable bonds is 10. The third kappa shape index (κ3) is 6.45. The second kappa shape index (κ2) is 13.4. The predicted molar refractivity (Wildman–Crippen MR) is 180 cm³/mol. The average Bonchev–Trinajstić information content (AvgIpc) is 3.67. The number of benzene rings is 2. The van der Waals surface area contributed by atoms with E-state index in [-0.39, 0.29) is 29.7 Å². The smallest absolute Gasteiger partial charge is 0.318 e. The maximum atomic E-state index is 13.1. The number of piperazine rings is 1. The van der Waals surface area contributed by atoms with Crippen LogP contribution in [-0.2, 0) is 22.5 Å². The lowest BCUT2D eigenvalue weighted by molar-refractivity contribution is -0.128. The van der Waals surface area contributed by atoms with Crippen molar-refractivity contribution in [3.63, 3.8) is 0 Å². The molecule has 1 aliphatic carbocycles. The molecule has 4 aliphatic rings. The standard InChI is InChI=1S/C36H43N7O4/c1-46-20-6-9-33(45)43-19-18-41(23-27(43)10-14-37)34-30-11-17-40(32-22-28(44)21-26-7-2-3-8-29(26)32)24-31(30)38-35(39-34)47-25-36(12-13-36)42-15-4-5-16-42/h2-3,6-9,21-22,27,44H,4-5,10-13,15-20,23-25H2,1H3/b9-6+/t27-/m0/s1. The number of ether oxygens (including phenoxy) is 2. The van der Waals surface area contributed by atoms with Gasteiger partial charge in [-0.05, 0) is 56.6 Å². The van der Waals surface area contributed by atoms with Crippen LogP contribution in [0.5, 0.6) is 11.8 Å². The Labute approximate surface area is 276 Å². The van der Waals surface area contributed by atoms with Crippen molar-refractivity contribution in [3.8, 4) is 17.8 Å². The van der Waals surface area contributed by atoms with E-state index in [9.17, 15) is 15.2 Å². The highest BCUT2D eigenvalue weighted by atomic mass is 16.5. The Morgan fingerprint density at radius 1 is 1.11 bits per heavy atom. The minimum atomic E-state index is -0.271. The molecule has 47 heavy (non-hydrogen) atoms. The molecule has 11 heteroatoms. The molecule has 0 bridgehead atoms. The van der Waals surface area contributed by atoms with Gasteiger partial charge in [0.25, 0.3) is 0 Å². The molecule has 1 saturated carbocycles. The van der Waals surface area contributed by atoms with E-state index in [1.807, 2.05) is 24.3 Å². The molecule has 3 aromatic rings. The van der Waals surface area contributed by atoms with E-state index in [4.69, 9.17) is 19.4 Å². The second-order valence-corrected chi connectivity index (χ2v) is 13.2. The van der Waals surface area contributed by atoms with Gasteiger partial charge < -0.3 is 29.3 Å². The largest absolute Gasteiger partial charge is 0.508 e. The quantitative estimate of drug-likeness (QED) is 0.327. The number of phenolic OH excluding ortho intramolecular Hbond substituents is 1. The topological polar surface area (TPSA) is 118 Å². The molecular formula is C36H43N7O4. The van der Waals surface area contributed by atoms with Gasteiger partial charge in [-0.3, -0.25) is 9.69 Å². The predicted octanol–water partition coefficient (Wildman–Crippen LogP) is 4.04. The summed E-state index contributed by atoms with van der Waals surface area (Å²) in [5, 5.41) is 22.3. The van der Waals surface area contributed by atoms with Gasteiger partial charge in [0.1, 0.15) is 18.2 Å². The summed E-state index contributed by atoms with van der Waals surface area (Å²) >= 11 is 0. The SMILES string of the molecule is COC/C=C/C(=O)N1CCN(c2nc(OCC3(N4CCCC4)CC3)nc3c2CCN(c2cc(O)cc4ccccc24)C3)C[C@@H]1CC#N. The number of anilines is 2. The highest BCUT2D eigenvalue weighted by Gasteiger charge is 2.49. The highest BCUT2D eigenvalue weighted by Crippen LogP contribution is 2.44. The Kier molecular flexibility index (Phi) is 8.88. The maximum absolute atomic E-state index is 13.1. The van der Waals surface area contributed by atoms with E-state index < -0.39 is 0 Å². The zero-order valence-electron chi connectivity index (χ0n) is 27.1. The van der Waals surface area contributed by atoms with Crippen molar-refractivity contribution in [1.82, 2.24) is 19.8 Å². The summed E-state index contributed by atoms with van der Waals surface area (Å²) in [7, 11) is 1.59. The van der Waals surface area contributed by atoms with Crippen LogP contribution in [0.25, 0.3) is 10.8 Å². The monoisotopic (exact) mass is 637 g/mol. The first-order valence-electron chi connectivity index (χ1n) is 16.8. The van der Waals surface area contributed by atoms with Gasteiger partial charge in [-0.15, -0.1) is 0 Å². The number of carbonyl (C=O) groups is 1. The molecule has 246 valence electrons. The van der Waals surface area contributed by atoms with Gasteiger partial charge in [-0.25, -0.2) is 0 Å². The number of fused-ring (bicyclic) bond motifs is 2. The van der Waals surface area contributed by atoms with Crippen molar-refractivity contribution in [2.45, 2.75) is 56.7 Å². The molecule has 2 saturated heterocycles. The van der Waals surface area contributed by atoms with E-state index in [2.05, 4.69) is 26.8 Å². The van der Waals surface area contributed by atoms with Crippen LogP contribution in [0.4, 0.5) is 11.5 Å². The van der Waals surface area contributed by atoms with Gasteiger partial charge in [-0.2, -0.15) is 15.2 Å². The molecule has 1 aromatic heterocycles. The van der Waals surface area contributed by atoms with Crippen LogP contribution in [0.15, 0.2) is 48.6 Å². The molecule has 0 radical (unpaired) electrons. The Hall–Kier alpha value is -4.40. The number of carbonyl (C=O) groups excluding carboxylic acids is 1. The number of nitriles is 1. The minimum absolute atomic E-state index is 0.0860. The van der Waals surface area contributed by atoms with Crippen LogP contribution < -0.4 is 14.5 Å². The molecule has 1 amide bonds. The van der Waals surface area contributed by atoms with Crippen molar-refractivity contribution < 1.29 is 19.4 Å². The molecule has 0 spiro atoms. The summed E-state index contributed by atoms with van der Waals surface area (Å²) in [4.78, 5) is 32.0. The lowest BCUT2D eigenvalue weighted by atomic mass is 10.0. The van der Waals surface area contributed by atoms with Gasteiger partial charge in [0.15, 0.2) is 0 Å². The summed E-state index contributed by atoms with van der Waals surface area (Å²) in [5.41, 5.74) is 3.05. The third-order valence-corrected chi connectivity index (χ3v) is 10.2. The van der Waals surface area contributed by atoms with E-state index in [1.165, 1.54) is 18.9 Å². The van der Waals surface area contributed by atoms with Crippen LogP contribution in [-0.4, -0.2) is 102 Å². The van der Waals surface area contributed by atoms with Crippen molar-refractivity contribution in [2.75, 3.05) is 69.4 Å². The van der Waals surface area contributed by atoms with Crippen LogP contribution in [0, 0.1) is 11.3 Å². The molecular weight excluding hydrogens is 594 g/mol. The van der Waals surface area contributed by atoms with Gasteiger partial charge in [0, 0.05) is 62.1 Å². The lowest BCUT2D eigenvalue weighted by Gasteiger charge is -2.42. The Morgan fingerprint density at radius 2 is 1.94 bits per heavy atom.